The van der Waals surface area contributed by atoms with Gasteiger partial charge in [-0.1, -0.05) is 91.0 Å². The summed E-state index contributed by atoms with van der Waals surface area (Å²) in [5.74, 6) is -0.374. The van der Waals surface area contributed by atoms with Crippen molar-refractivity contribution in [2.45, 2.75) is 44.7 Å². The summed E-state index contributed by atoms with van der Waals surface area (Å²) in [6.45, 7) is 2.56. The topological polar surface area (TPSA) is 85.7 Å². The van der Waals surface area contributed by atoms with Crippen molar-refractivity contribution in [3.63, 3.8) is 0 Å². The highest BCUT2D eigenvalue weighted by Crippen LogP contribution is 2.43. The summed E-state index contributed by atoms with van der Waals surface area (Å²) in [4.78, 5) is 13.1. The van der Waals surface area contributed by atoms with E-state index in [9.17, 15) is 4.79 Å². The minimum atomic E-state index is -0.736. The van der Waals surface area contributed by atoms with E-state index in [1.54, 1.807) is 11.6 Å². The Morgan fingerprint density at radius 3 is 2.02 bits per heavy atom. The van der Waals surface area contributed by atoms with Crippen LogP contribution >= 0.6 is 0 Å². The van der Waals surface area contributed by atoms with E-state index in [4.69, 9.17) is 20.2 Å². The summed E-state index contributed by atoms with van der Waals surface area (Å²) in [6, 6.07) is 33.5. The van der Waals surface area contributed by atoms with Crippen LogP contribution in [-0.2, 0) is 29.7 Å². The summed E-state index contributed by atoms with van der Waals surface area (Å²) >= 11 is 0. The second-order valence-corrected chi connectivity index (χ2v) is 10.1. The molecule has 0 spiro atoms. The third-order valence-corrected chi connectivity index (χ3v) is 7.75. The first-order chi connectivity index (χ1) is 20.2. The van der Waals surface area contributed by atoms with Crippen molar-refractivity contribution in [3.05, 3.63) is 131 Å². The molecule has 6 rings (SSSR count). The Labute approximate surface area is 239 Å². The Morgan fingerprint density at radius 1 is 0.902 bits per heavy atom. The van der Waals surface area contributed by atoms with Crippen LogP contribution in [0.15, 0.2) is 97.2 Å². The number of fused-ring (bicyclic) bond motifs is 3. The number of unbranched alkanes of at least 4 members (excludes halogenated alkanes) is 1. The zero-order valence-electron chi connectivity index (χ0n) is 23.0. The van der Waals surface area contributed by atoms with Crippen LogP contribution in [0.4, 0.5) is 0 Å². The van der Waals surface area contributed by atoms with Crippen molar-refractivity contribution in [3.8, 4) is 17.3 Å². The molecule has 2 aromatic heterocycles. The molecule has 5 aromatic rings. The molecule has 7 nitrogen and oxygen atoms in total. The van der Waals surface area contributed by atoms with Gasteiger partial charge in [0, 0.05) is 30.3 Å². The van der Waals surface area contributed by atoms with Crippen LogP contribution in [0.3, 0.4) is 0 Å². The molecule has 0 saturated carbocycles. The maximum Gasteiger partial charge on any atom is 0.356 e. The molecule has 0 unspecified atom stereocenters. The largest absolute Gasteiger partial charge is 0.461 e. The van der Waals surface area contributed by atoms with Gasteiger partial charge in [-0.25, -0.2) is 4.79 Å². The highest BCUT2D eigenvalue weighted by molar-refractivity contribution is 5.92. The first-order valence-electron chi connectivity index (χ1n) is 14.1. The highest BCUT2D eigenvalue weighted by atomic mass is 16.5. The number of carbonyl (C=O) groups is 1. The van der Waals surface area contributed by atoms with Gasteiger partial charge in [-0.15, -0.1) is 0 Å². The number of nitriles is 1. The molecule has 1 aliphatic rings. The average molecular weight is 542 g/mol. The second-order valence-electron chi connectivity index (χ2n) is 10.1. The third kappa shape index (κ3) is 4.52. The van der Waals surface area contributed by atoms with Gasteiger partial charge in [0.1, 0.15) is 11.2 Å². The van der Waals surface area contributed by atoms with Crippen LogP contribution in [0.1, 0.15) is 58.2 Å². The number of benzene rings is 3. The second kappa shape index (κ2) is 11.3. The van der Waals surface area contributed by atoms with Crippen LogP contribution in [0.5, 0.6) is 0 Å². The molecular formula is C34H31N5O2. The summed E-state index contributed by atoms with van der Waals surface area (Å²) in [5.41, 5.74) is 6.53. The van der Waals surface area contributed by atoms with Gasteiger partial charge >= 0.3 is 5.97 Å². The normalized spacial score (nSPS) is 12.3. The molecule has 0 N–H and O–H groups in total. The van der Waals surface area contributed by atoms with E-state index in [0.29, 0.717) is 37.9 Å². The summed E-state index contributed by atoms with van der Waals surface area (Å²) in [7, 11) is 0. The van der Waals surface area contributed by atoms with Crippen molar-refractivity contribution in [2.75, 3.05) is 6.61 Å². The quantitative estimate of drug-likeness (QED) is 0.127. The van der Waals surface area contributed by atoms with Gasteiger partial charge < -0.3 is 4.74 Å². The van der Waals surface area contributed by atoms with Crippen molar-refractivity contribution in [1.29, 1.82) is 5.26 Å². The van der Waals surface area contributed by atoms with Crippen LogP contribution in [-0.4, -0.2) is 32.1 Å². The summed E-state index contributed by atoms with van der Waals surface area (Å²) < 4.78 is 9.24. The molecule has 3 aromatic carbocycles. The number of rotatable bonds is 9. The highest BCUT2D eigenvalue weighted by Gasteiger charge is 2.41. The van der Waals surface area contributed by atoms with Crippen LogP contribution in [0, 0.1) is 11.3 Å². The molecule has 0 amide bonds. The van der Waals surface area contributed by atoms with E-state index in [1.807, 2.05) is 18.2 Å². The molecule has 0 aliphatic heterocycles. The molecule has 2 heterocycles. The van der Waals surface area contributed by atoms with Crippen molar-refractivity contribution < 1.29 is 9.53 Å². The van der Waals surface area contributed by atoms with E-state index in [1.165, 1.54) is 0 Å². The number of aromatic nitrogens is 4. The molecular weight excluding hydrogens is 510 g/mol. The van der Waals surface area contributed by atoms with Crippen LogP contribution in [0.2, 0.25) is 0 Å². The maximum absolute atomic E-state index is 13.1. The summed E-state index contributed by atoms with van der Waals surface area (Å²) in [6.07, 6.45) is 4.40. The lowest BCUT2D eigenvalue weighted by molar-refractivity contribution is 0.0510. The van der Waals surface area contributed by atoms with Gasteiger partial charge in [0.05, 0.1) is 24.1 Å². The molecule has 0 fully saturated rings. The molecule has 0 atom stereocenters. The minimum Gasteiger partial charge on any atom is -0.461 e. The first kappa shape index (κ1) is 26.3. The predicted octanol–water partition coefficient (Wildman–Crippen LogP) is 6.17. The van der Waals surface area contributed by atoms with Gasteiger partial charge in [-0.05, 0) is 42.9 Å². The number of esters is 1. The Balaban J connectivity index is 1.58. The molecule has 0 bridgehead atoms. The molecule has 41 heavy (non-hydrogen) atoms. The van der Waals surface area contributed by atoms with E-state index in [2.05, 4.69) is 89.7 Å². The Hall–Kier alpha value is -4.96. The summed E-state index contributed by atoms with van der Waals surface area (Å²) in [5, 5.41) is 19.3. The van der Waals surface area contributed by atoms with Gasteiger partial charge in [-0.3, -0.25) is 9.36 Å². The number of ether oxygens (including phenoxy) is 1. The maximum atomic E-state index is 13.1. The predicted molar refractivity (Wildman–Crippen MR) is 156 cm³/mol. The fourth-order valence-electron chi connectivity index (χ4n) is 5.99. The lowest BCUT2D eigenvalue weighted by atomic mass is 9.77. The lowest BCUT2D eigenvalue weighted by Gasteiger charge is -2.36. The number of hydrogen-bond donors (Lipinski definition) is 0. The van der Waals surface area contributed by atoms with Crippen LogP contribution < -0.4 is 0 Å². The van der Waals surface area contributed by atoms with E-state index < -0.39 is 5.54 Å². The standard InChI is InChI=1S/C34H31N5O2/c1-2-41-33(40)32-28-20-21-30-29(31(28)37-38(32)23-13-12-22-35)24-39(36-30)34(25-14-6-3-7-15-25,26-16-8-4-9-17-26)27-18-10-5-11-19-27/h3-11,14-19,24H,2,12-13,20-21,23H2,1H3. The molecule has 7 heteroatoms. The Morgan fingerprint density at radius 2 is 1.49 bits per heavy atom. The smallest absolute Gasteiger partial charge is 0.356 e. The number of hydrogen-bond acceptors (Lipinski definition) is 5. The lowest BCUT2D eigenvalue weighted by Crippen LogP contribution is -2.38. The van der Waals surface area contributed by atoms with Gasteiger partial charge in [-0.2, -0.15) is 15.5 Å². The van der Waals surface area contributed by atoms with Crippen molar-refractivity contribution in [1.82, 2.24) is 19.6 Å². The van der Waals surface area contributed by atoms with E-state index in [0.717, 1.165) is 39.2 Å². The fourth-order valence-corrected chi connectivity index (χ4v) is 5.99. The van der Waals surface area contributed by atoms with E-state index >= 15 is 0 Å². The Bertz CT molecular complexity index is 1600. The Kier molecular flexibility index (Phi) is 7.22. The minimum absolute atomic E-state index is 0.286. The van der Waals surface area contributed by atoms with Gasteiger partial charge in [0.2, 0.25) is 0 Å². The number of aryl methyl sites for hydroxylation is 2. The molecule has 0 radical (unpaired) electrons. The first-order valence-corrected chi connectivity index (χ1v) is 14.1. The SMILES string of the molecule is CCOC(=O)c1c2c(nn1CCCC#N)-c1cn(C(c3ccccc3)(c3ccccc3)c3ccccc3)nc1CC2. The zero-order chi connectivity index (χ0) is 28.2. The van der Waals surface area contributed by atoms with E-state index in [-0.39, 0.29) is 12.6 Å². The molecule has 0 saturated heterocycles. The third-order valence-electron chi connectivity index (χ3n) is 7.75. The number of carbonyl (C=O) groups excluding carboxylic acids is 1. The monoisotopic (exact) mass is 541 g/mol. The molecule has 1 aliphatic carbocycles. The average Bonchev–Trinajstić information content (AvgIpc) is 3.61. The zero-order valence-corrected chi connectivity index (χ0v) is 23.0. The van der Waals surface area contributed by atoms with Crippen LogP contribution in [0.25, 0.3) is 11.3 Å². The van der Waals surface area contributed by atoms with Gasteiger partial charge in [0.25, 0.3) is 0 Å². The van der Waals surface area contributed by atoms with Crippen molar-refractivity contribution in [2.24, 2.45) is 0 Å². The number of nitrogens with zero attached hydrogens (tertiary/aromatic N) is 5. The molecule has 204 valence electrons. The fraction of sp³-hybridized carbons (Fsp3) is 0.235. The van der Waals surface area contributed by atoms with Crippen molar-refractivity contribution >= 4 is 5.97 Å². The van der Waals surface area contributed by atoms with Gasteiger partial charge in [0.15, 0.2) is 0 Å².